The molecule has 3 heterocycles. The number of piperidine rings is 1. The summed E-state index contributed by atoms with van der Waals surface area (Å²) in [7, 11) is 0. The summed E-state index contributed by atoms with van der Waals surface area (Å²) in [5, 5.41) is 14.3. The minimum atomic E-state index is -0.0962. The molecule has 0 bridgehead atoms. The number of rotatable bonds is 3. The molecule has 0 aliphatic carbocycles. The lowest BCUT2D eigenvalue weighted by Gasteiger charge is -2.35. The molecule has 4 rings (SSSR count). The molecule has 1 aliphatic rings. The highest BCUT2D eigenvalue weighted by molar-refractivity contribution is 5.89. The van der Waals surface area contributed by atoms with E-state index in [1.165, 1.54) is 5.56 Å². The van der Waals surface area contributed by atoms with E-state index < -0.39 is 0 Å². The SMILES string of the molecule is Cc1ccc(-n2cc(NC(=O)N3CCCC[C@@H]3c3cn[nH]c3)cn2)c(C)c1. The van der Waals surface area contributed by atoms with Crippen molar-refractivity contribution in [2.45, 2.75) is 39.2 Å². The molecule has 0 unspecified atom stereocenters. The number of aromatic amines is 1. The highest BCUT2D eigenvalue weighted by Crippen LogP contribution is 2.30. The number of H-pyrrole nitrogens is 1. The summed E-state index contributed by atoms with van der Waals surface area (Å²) in [5.41, 5.74) is 5.11. The van der Waals surface area contributed by atoms with Crippen LogP contribution in [0.1, 0.15) is 42.0 Å². The Morgan fingerprint density at radius 1 is 1.26 bits per heavy atom. The molecule has 1 atom stereocenters. The summed E-state index contributed by atoms with van der Waals surface area (Å²) in [6.07, 6.45) is 10.3. The number of urea groups is 1. The lowest BCUT2D eigenvalue weighted by Crippen LogP contribution is -2.41. The molecular formula is C20H24N6O. The zero-order valence-electron chi connectivity index (χ0n) is 15.6. The Bertz CT molecular complexity index is 930. The first kappa shape index (κ1) is 17.3. The fourth-order valence-electron chi connectivity index (χ4n) is 3.74. The number of nitrogens with one attached hydrogen (secondary N) is 2. The average molecular weight is 364 g/mol. The van der Waals surface area contributed by atoms with Crippen LogP contribution in [-0.2, 0) is 0 Å². The molecule has 0 radical (unpaired) electrons. The molecular weight excluding hydrogens is 340 g/mol. The summed E-state index contributed by atoms with van der Waals surface area (Å²) in [4.78, 5) is 14.8. The van der Waals surface area contributed by atoms with Gasteiger partial charge in [0.1, 0.15) is 0 Å². The number of carbonyl (C=O) groups is 1. The van der Waals surface area contributed by atoms with Crippen molar-refractivity contribution >= 4 is 11.7 Å². The van der Waals surface area contributed by atoms with Crippen LogP contribution in [-0.4, -0.2) is 37.5 Å². The van der Waals surface area contributed by atoms with Crippen molar-refractivity contribution in [3.8, 4) is 5.69 Å². The van der Waals surface area contributed by atoms with Gasteiger partial charge < -0.3 is 10.2 Å². The molecule has 1 aliphatic heterocycles. The Kier molecular flexibility index (Phi) is 4.66. The van der Waals surface area contributed by atoms with Gasteiger partial charge in [-0.05, 0) is 44.7 Å². The third-order valence-corrected chi connectivity index (χ3v) is 5.10. The first-order valence-electron chi connectivity index (χ1n) is 9.30. The van der Waals surface area contributed by atoms with Crippen molar-refractivity contribution in [3.63, 3.8) is 0 Å². The Morgan fingerprint density at radius 3 is 2.93 bits per heavy atom. The van der Waals surface area contributed by atoms with E-state index in [4.69, 9.17) is 0 Å². The van der Waals surface area contributed by atoms with Gasteiger partial charge in [-0.3, -0.25) is 5.10 Å². The molecule has 2 N–H and O–H groups in total. The third kappa shape index (κ3) is 3.58. The predicted octanol–water partition coefficient (Wildman–Crippen LogP) is 3.97. The number of likely N-dealkylation sites (tertiary alicyclic amines) is 1. The lowest BCUT2D eigenvalue weighted by atomic mass is 9.98. The molecule has 1 saturated heterocycles. The highest BCUT2D eigenvalue weighted by Gasteiger charge is 2.28. The van der Waals surface area contributed by atoms with E-state index >= 15 is 0 Å². The number of aromatic nitrogens is 4. The molecule has 7 heteroatoms. The minimum absolute atomic E-state index is 0.0619. The van der Waals surface area contributed by atoms with Gasteiger partial charge in [0.05, 0.1) is 36.0 Å². The molecule has 2 amide bonds. The molecule has 7 nitrogen and oxygen atoms in total. The summed E-state index contributed by atoms with van der Waals surface area (Å²) in [6, 6.07) is 6.19. The van der Waals surface area contributed by atoms with E-state index in [0.717, 1.165) is 42.6 Å². The van der Waals surface area contributed by atoms with Crippen molar-refractivity contribution in [1.29, 1.82) is 0 Å². The number of aryl methyl sites for hydroxylation is 2. The number of anilines is 1. The Morgan fingerprint density at radius 2 is 2.15 bits per heavy atom. The van der Waals surface area contributed by atoms with Crippen LogP contribution in [0.4, 0.5) is 10.5 Å². The predicted molar refractivity (Wildman–Crippen MR) is 104 cm³/mol. The largest absolute Gasteiger partial charge is 0.322 e. The Labute approximate surface area is 158 Å². The standard InChI is InChI=1S/C20H24N6O/c1-14-6-7-18(15(2)9-14)26-13-17(12-23-26)24-20(27)25-8-4-3-5-19(25)16-10-21-22-11-16/h6-7,9-13,19H,3-5,8H2,1-2H3,(H,21,22)(H,24,27)/t19-/m1/s1. The van der Waals surface area contributed by atoms with Crippen LogP contribution >= 0.6 is 0 Å². The lowest BCUT2D eigenvalue weighted by molar-refractivity contribution is 0.163. The van der Waals surface area contributed by atoms with Gasteiger partial charge in [-0.15, -0.1) is 0 Å². The second-order valence-corrected chi connectivity index (χ2v) is 7.13. The van der Waals surface area contributed by atoms with Crippen molar-refractivity contribution < 1.29 is 4.79 Å². The second-order valence-electron chi connectivity index (χ2n) is 7.13. The minimum Gasteiger partial charge on any atom is -0.317 e. The fourth-order valence-corrected chi connectivity index (χ4v) is 3.74. The van der Waals surface area contributed by atoms with Crippen molar-refractivity contribution in [1.82, 2.24) is 24.9 Å². The van der Waals surface area contributed by atoms with Gasteiger partial charge in [0.2, 0.25) is 0 Å². The smallest absolute Gasteiger partial charge is 0.317 e. The molecule has 27 heavy (non-hydrogen) atoms. The maximum atomic E-state index is 12.9. The van der Waals surface area contributed by atoms with Gasteiger partial charge in [0.15, 0.2) is 0 Å². The maximum Gasteiger partial charge on any atom is 0.322 e. The molecule has 2 aromatic heterocycles. The second kappa shape index (κ2) is 7.26. The number of carbonyl (C=O) groups excluding carboxylic acids is 1. The van der Waals surface area contributed by atoms with E-state index in [9.17, 15) is 4.79 Å². The number of nitrogens with zero attached hydrogens (tertiary/aromatic N) is 4. The molecule has 0 spiro atoms. The van der Waals surface area contributed by atoms with Crippen molar-refractivity contribution in [2.24, 2.45) is 0 Å². The highest BCUT2D eigenvalue weighted by atomic mass is 16.2. The summed E-state index contributed by atoms with van der Waals surface area (Å²) in [6.45, 7) is 4.87. The number of hydrogen-bond donors (Lipinski definition) is 2. The van der Waals surface area contributed by atoms with Crippen molar-refractivity contribution in [2.75, 3.05) is 11.9 Å². The van der Waals surface area contributed by atoms with Gasteiger partial charge in [-0.1, -0.05) is 17.7 Å². The zero-order chi connectivity index (χ0) is 18.8. The normalized spacial score (nSPS) is 17.1. The van der Waals surface area contributed by atoms with Crippen LogP contribution in [0.25, 0.3) is 5.69 Å². The number of amides is 2. The summed E-state index contributed by atoms with van der Waals surface area (Å²) >= 11 is 0. The van der Waals surface area contributed by atoms with Gasteiger partial charge in [-0.2, -0.15) is 10.2 Å². The van der Waals surface area contributed by atoms with E-state index in [1.54, 1.807) is 17.1 Å². The van der Waals surface area contributed by atoms with Crippen LogP contribution in [0, 0.1) is 13.8 Å². The Hall–Kier alpha value is -3.09. The average Bonchev–Trinajstić information content (AvgIpc) is 3.34. The van der Waals surface area contributed by atoms with Crippen LogP contribution in [0.5, 0.6) is 0 Å². The van der Waals surface area contributed by atoms with E-state index in [0.29, 0.717) is 5.69 Å². The van der Waals surface area contributed by atoms with Crippen LogP contribution in [0.15, 0.2) is 43.0 Å². The van der Waals surface area contributed by atoms with Gasteiger partial charge in [-0.25, -0.2) is 9.48 Å². The third-order valence-electron chi connectivity index (χ3n) is 5.10. The Balaban J connectivity index is 1.50. The molecule has 140 valence electrons. The van der Waals surface area contributed by atoms with Crippen LogP contribution < -0.4 is 5.32 Å². The quantitative estimate of drug-likeness (QED) is 0.738. The molecule has 3 aromatic rings. The first-order chi connectivity index (χ1) is 13.1. The number of hydrogen-bond acceptors (Lipinski definition) is 3. The van der Waals surface area contributed by atoms with Gasteiger partial charge in [0, 0.05) is 18.3 Å². The van der Waals surface area contributed by atoms with Crippen LogP contribution in [0.2, 0.25) is 0 Å². The maximum absolute atomic E-state index is 12.9. The van der Waals surface area contributed by atoms with E-state index in [-0.39, 0.29) is 12.1 Å². The van der Waals surface area contributed by atoms with E-state index in [1.807, 2.05) is 23.4 Å². The summed E-state index contributed by atoms with van der Waals surface area (Å²) < 4.78 is 1.80. The topological polar surface area (TPSA) is 78.8 Å². The fraction of sp³-hybridized carbons (Fsp3) is 0.350. The van der Waals surface area contributed by atoms with E-state index in [2.05, 4.69) is 46.6 Å². The molecule has 0 saturated carbocycles. The van der Waals surface area contributed by atoms with Crippen molar-refractivity contribution in [3.05, 3.63) is 59.7 Å². The van der Waals surface area contributed by atoms with Gasteiger partial charge >= 0.3 is 6.03 Å². The monoisotopic (exact) mass is 364 g/mol. The first-order valence-corrected chi connectivity index (χ1v) is 9.30. The summed E-state index contributed by atoms with van der Waals surface area (Å²) in [5.74, 6) is 0. The molecule has 1 fully saturated rings. The van der Waals surface area contributed by atoms with Gasteiger partial charge in [0.25, 0.3) is 0 Å². The van der Waals surface area contributed by atoms with Crippen LogP contribution in [0.3, 0.4) is 0 Å². The molecule has 1 aromatic carbocycles. The zero-order valence-corrected chi connectivity index (χ0v) is 15.6. The number of benzene rings is 1.